The molecule has 0 amide bonds. The maximum atomic E-state index is 5.15. The molecule has 2 aliphatic rings. The zero-order valence-electron chi connectivity index (χ0n) is 13.4. The molecule has 0 spiro atoms. The predicted molar refractivity (Wildman–Crippen MR) is 83.2 cm³/mol. The molecular formula is C16H28N4O. The molecule has 0 radical (unpaired) electrons. The highest BCUT2D eigenvalue weighted by Crippen LogP contribution is 2.25. The van der Waals surface area contributed by atoms with E-state index >= 15 is 0 Å². The Morgan fingerprint density at radius 3 is 2.95 bits per heavy atom. The third-order valence-corrected chi connectivity index (χ3v) is 4.96. The van der Waals surface area contributed by atoms with Gasteiger partial charge in [-0.1, -0.05) is 6.42 Å². The monoisotopic (exact) mass is 292 g/mol. The van der Waals surface area contributed by atoms with Crippen molar-refractivity contribution in [2.75, 3.05) is 33.4 Å². The van der Waals surface area contributed by atoms with Crippen LogP contribution in [-0.2, 0) is 17.8 Å². The Balaban J connectivity index is 1.47. The fourth-order valence-electron chi connectivity index (χ4n) is 3.63. The van der Waals surface area contributed by atoms with Crippen molar-refractivity contribution in [2.45, 2.75) is 51.4 Å². The molecule has 0 saturated carbocycles. The smallest absolute Gasteiger partial charge is 0.122 e. The zero-order valence-corrected chi connectivity index (χ0v) is 13.4. The highest BCUT2D eigenvalue weighted by Gasteiger charge is 2.35. The molecule has 0 bridgehead atoms. The van der Waals surface area contributed by atoms with Crippen molar-refractivity contribution in [3.63, 3.8) is 0 Å². The van der Waals surface area contributed by atoms with Crippen molar-refractivity contribution in [2.24, 2.45) is 0 Å². The lowest BCUT2D eigenvalue weighted by atomic mass is 9.97. The number of likely N-dealkylation sites (tertiary alicyclic amines) is 2. The molecule has 0 aliphatic carbocycles. The first-order valence-corrected chi connectivity index (χ1v) is 8.25. The summed E-state index contributed by atoms with van der Waals surface area (Å²) in [6.07, 6.45) is 8.11. The van der Waals surface area contributed by atoms with E-state index in [1.807, 2.05) is 6.20 Å². The summed E-state index contributed by atoms with van der Waals surface area (Å²) in [5.41, 5.74) is 0. The van der Waals surface area contributed by atoms with Crippen LogP contribution >= 0.6 is 0 Å². The second-order valence-electron chi connectivity index (χ2n) is 6.46. The quantitative estimate of drug-likeness (QED) is 0.797. The van der Waals surface area contributed by atoms with E-state index in [0.29, 0.717) is 0 Å². The Bertz CT molecular complexity index is 441. The number of imidazole rings is 1. The maximum Gasteiger partial charge on any atom is 0.122 e. The van der Waals surface area contributed by atoms with Crippen LogP contribution in [0.4, 0.5) is 0 Å². The van der Waals surface area contributed by atoms with Gasteiger partial charge in [-0.05, 0) is 26.3 Å². The minimum absolute atomic E-state index is 0.747. The van der Waals surface area contributed by atoms with E-state index < -0.39 is 0 Å². The van der Waals surface area contributed by atoms with Crippen molar-refractivity contribution >= 4 is 0 Å². The van der Waals surface area contributed by atoms with Crippen molar-refractivity contribution in [3.8, 4) is 0 Å². The second kappa shape index (κ2) is 6.90. The molecule has 21 heavy (non-hydrogen) atoms. The number of piperidine rings is 1. The van der Waals surface area contributed by atoms with Gasteiger partial charge in [0.05, 0.1) is 13.2 Å². The first-order chi connectivity index (χ1) is 10.3. The zero-order chi connectivity index (χ0) is 14.7. The Morgan fingerprint density at radius 1 is 1.33 bits per heavy atom. The molecule has 5 heteroatoms. The number of aromatic nitrogens is 2. The fraction of sp³-hybridized carbons (Fsp3) is 0.812. The van der Waals surface area contributed by atoms with E-state index in [1.165, 1.54) is 38.9 Å². The number of nitrogens with zero attached hydrogens (tertiary/aromatic N) is 4. The van der Waals surface area contributed by atoms with Crippen LogP contribution in [0.15, 0.2) is 12.4 Å². The number of hydrogen-bond donors (Lipinski definition) is 0. The SMILES string of the molecule is COCCn1ccnc1CN1CC(N2CCCCC2C)C1. The van der Waals surface area contributed by atoms with Crippen molar-refractivity contribution in [1.29, 1.82) is 0 Å². The Labute approximate surface area is 127 Å². The molecular weight excluding hydrogens is 264 g/mol. The first kappa shape index (κ1) is 15.0. The summed E-state index contributed by atoms with van der Waals surface area (Å²) in [7, 11) is 1.75. The van der Waals surface area contributed by atoms with Gasteiger partial charge in [-0.3, -0.25) is 9.80 Å². The van der Waals surface area contributed by atoms with Gasteiger partial charge in [0.2, 0.25) is 0 Å². The van der Waals surface area contributed by atoms with Gasteiger partial charge in [0.25, 0.3) is 0 Å². The second-order valence-corrected chi connectivity index (χ2v) is 6.46. The minimum atomic E-state index is 0.747. The van der Waals surface area contributed by atoms with Crippen molar-refractivity contribution in [1.82, 2.24) is 19.4 Å². The van der Waals surface area contributed by atoms with Crippen LogP contribution in [0.1, 0.15) is 32.0 Å². The molecule has 2 saturated heterocycles. The standard InChI is InChI=1S/C16H28N4O/c1-14-5-3-4-7-20(14)15-11-18(12-15)13-16-17-6-8-19(16)9-10-21-2/h6,8,14-15H,3-5,7,9-13H2,1-2H3. The van der Waals surface area contributed by atoms with E-state index in [4.69, 9.17) is 4.74 Å². The van der Waals surface area contributed by atoms with Crippen LogP contribution in [0.25, 0.3) is 0 Å². The molecule has 3 heterocycles. The Hall–Kier alpha value is -0.910. The lowest BCUT2D eigenvalue weighted by Crippen LogP contribution is -2.61. The Kier molecular flexibility index (Phi) is 4.93. The summed E-state index contributed by atoms with van der Waals surface area (Å²) in [5.74, 6) is 1.16. The number of hydrogen-bond acceptors (Lipinski definition) is 4. The predicted octanol–water partition coefficient (Wildman–Crippen LogP) is 1.59. The average molecular weight is 292 g/mol. The first-order valence-electron chi connectivity index (χ1n) is 8.25. The highest BCUT2D eigenvalue weighted by atomic mass is 16.5. The largest absolute Gasteiger partial charge is 0.383 e. The van der Waals surface area contributed by atoms with Gasteiger partial charge in [-0.15, -0.1) is 0 Å². The van der Waals surface area contributed by atoms with E-state index in [9.17, 15) is 0 Å². The summed E-state index contributed by atoms with van der Waals surface area (Å²) in [6.45, 7) is 8.68. The van der Waals surface area contributed by atoms with Crippen LogP contribution in [-0.4, -0.2) is 64.8 Å². The molecule has 1 aromatic heterocycles. The molecule has 2 fully saturated rings. The van der Waals surface area contributed by atoms with E-state index in [1.54, 1.807) is 7.11 Å². The van der Waals surface area contributed by atoms with Crippen LogP contribution in [0.3, 0.4) is 0 Å². The molecule has 1 atom stereocenters. The molecule has 3 rings (SSSR count). The highest BCUT2D eigenvalue weighted by molar-refractivity contribution is 4.97. The third kappa shape index (κ3) is 3.47. The summed E-state index contributed by atoms with van der Waals surface area (Å²) >= 11 is 0. The lowest BCUT2D eigenvalue weighted by Gasteiger charge is -2.49. The van der Waals surface area contributed by atoms with E-state index in [2.05, 4.69) is 32.5 Å². The van der Waals surface area contributed by atoms with Gasteiger partial charge in [-0.25, -0.2) is 4.98 Å². The summed E-state index contributed by atoms with van der Waals surface area (Å²) in [5, 5.41) is 0. The van der Waals surface area contributed by atoms with Gasteiger partial charge in [-0.2, -0.15) is 0 Å². The van der Waals surface area contributed by atoms with Gasteiger partial charge in [0, 0.05) is 51.2 Å². The topological polar surface area (TPSA) is 33.5 Å². The van der Waals surface area contributed by atoms with E-state index in [-0.39, 0.29) is 0 Å². The average Bonchev–Trinajstić information content (AvgIpc) is 2.88. The lowest BCUT2D eigenvalue weighted by molar-refractivity contribution is -0.00788. The van der Waals surface area contributed by atoms with Crippen molar-refractivity contribution < 1.29 is 4.74 Å². The summed E-state index contributed by atoms with van der Waals surface area (Å²) in [6, 6.07) is 1.54. The number of methoxy groups -OCH3 is 1. The third-order valence-electron chi connectivity index (χ3n) is 4.96. The molecule has 0 aromatic carbocycles. The van der Waals surface area contributed by atoms with Crippen molar-refractivity contribution in [3.05, 3.63) is 18.2 Å². The van der Waals surface area contributed by atoms with Gasteiger partial charge in [0.15, 0.2) is 0 Å². The summed E-state index contributed by atoms with van der Waals surface area (Å²) < 4.78 is 7.36. The van der Waals surface area contributed by atoms with Crippen LogP contribution in [0.5, 0.6) is 0 Å². The van der Waals surface area contributed by atoms with Gasteiger partial charge in [0.1, 0.15) is 5.82 Å². The van der Waals surface area contributed by atoms with Crippen LogP contribution < -0.4 is 0 Å². The Morgan fingerprint density at radius 2 is 2.19 bits per heavy atom. The normalized spacial score (nSPS) is 25.1. The van der Waals surface area contributed by atoms with Gasteiger partial charge < -0.3 is 9.30 Å². The molecule has 1 unspecified atom stereocenters. The molecule has 5 nitrogen and oxygen atoms in total. The van der Waals surface area contributed by atoms with Crippen LogP contribution in [0, 0.1) is 0 Å². The minimum Gasteiger partial charge on any atom is -0.383 e. The molecule has 118 valence electrons. The number of ether oxygens (including phenoxy) is 1. The van der Waals surface area contributed by atoms with E-state index in [0.717, 1.165) is 37.6 Å². The van der Waals surface area contributed by atoms with Crippen LogP contribution in [0.2, 0.25) is 0 Å². The maximum absolute atomic E-state index is 5.15. The molecule has 1 aromatic rings. The molecule has 2 aliphatic heterocycles. The fourth-order valence-corrected chi connectivity index (χ4v) is 3.63. The molecule has 0 N–H and O–H groups in total. The van der Waals surface area contributed by atoms with Gasteiger partial charge >= 0.3 is 0 Å². The number of rotatable bonds is 6. The summed E-state index contributed by atoms with van der Waals surface area (Å²) in [4.78, 5) is 9.73.